The largest absolute Gasteiger partial charge is 0.392 e. The number of fused-ring (bicyclic) bond motifs is 2. The summed E-state index contributed by atoms with van der Waals surface area (Å²) in [5.41, 5.74) is 2.51. The lowest BCUT2D eigenvalue weighted by Crippen LogP contribution is -2.72. The van der Waals surface area contributed by atoms with Gasteiger partial charge in [0.15, 0.2) is 0 Å². The molecule has 0 radical (unpaired) electrons. The summed E-state index contributed by atoms with van der Waals surface area (Å²) in [6.45, 7) is 2.19. The Balaban J connectivity index is 1.60. The third-order valence-corrected chi connectivity index (χ3v) is 8.46. The number of likely N-dealkylation sites (N-methyl/N-ethyl adjacent to an activating group) is 1. The van der Waals surface area contributed by atoms with Gasteiger partial charge in [0.1, 0.15) is 6.23 Å². The highest BCUT2D eigenvalue weighted by Crippen LogP contribution is 2.68. The monoisotopic (exact) mass is 326 g/mol. The summed E-state index contributed by atoms with van der Waals surface area (Å²) in [6.07, 6.45) is 2.56. The Morgan fingerprint density at radius 2 is 2.00 bits per heavy atom. The maximum absolute atomic E-state index is 11.6. The van der Waals surface area contributed by atoms with Gasteiger partial charge in [0.25, 0.3) is 0 Å². The van der Waals surface area contributed by atoms with Gasteiger partial charge in [-0.25, -0.2) is 0 Å². The normalized spacial score (nSPS) is 55.8. The molecule has 4 nitrogen and oxygen atoms in total. The number of benzene rings is 1. The molecule has 5 aliphatic heterocycles. The Bertz CT molecular complexity index is 723. The second kappa shape index (κ2) is 4.17. The first-order valence-corrected chi connectivity index (χ1v) is 9.57. The summed E-state index contributed by atoms with van der Waals surface area (Å²) in [5.74, 6) is 1.14. The summed E-state index contributed by atoms with van der Waals surface area (Å²) in [6, 6.07) is 9.70. The molecule has 6 aliphatic rings. The molecule has 1 aromatic rings. The second-order valence-corrected chi connectivity index (χ2v) is 8.81. The van der Waals surface area contributed by atoms with Crippen molar-refractivity contribution in [3.8, 4) is 0 Å². The van der Waals surface area contributed by atoms with E-state index in [1.165, 1.54) is 11.3 Å². The van der Waals surface area contributed by atoms with E-state index in [4.69, 9.17) is 0 Å². The van der Waals surface area contributed by atoms with Crippen molar-refractivity contribution in [1.82, 2.24) is 4.90 Å². The summed E-state index contributed by atoms with van der Waals surface area (Å²) in [4.78, 5) is 4.83. The number of rotatable bonds is 1. The molecule has 0 amide bonds. The van der Waals surface area contributed by atoms with E-state index < -0.39 is 0 Å². The molecule has 1 unspecified atom stereocenters. The molecule has 1 saturated carbocycles. The molecule has 1 aromatic carbocycles. The van der Waals surface area contributed by atoms with Crippen LogP contribution in [0.1, 0.15) is 31.7 Å². The van der Waals surface area contributed by atoms with Gasteiger partial charge >= 0.3 is 0 Å². The van der Waals surface area contributed by atoms with Crippen LogP contribution in [0.3, 0.4) is 0 Å². The number of piperidine rings is 4. The van der Waals surface area contributed by atoms with E-state index >= 15 is 0 Å². The number of anilines is 1. The fourth-order valence-corrected chi connectivity index (χ4v) is 7.88. The number of nitrogens with zero attached hydrogens (tertiary/aromatic N) is 2. The first kappa shape index (κ1) is 14.1. The molecule has 5 fully saturated rings. The standard InChI is InChI=1S/C20H26N2O2/c1-3-10-11-8-14-17-20(12-6-4-5-7-13(12)21(17)2)9-15(16(11)18(20)23)22(14)19(10)24/h4-7,10-11,14-19,23-24H,3,8-9H2,1-2H3/t10-,11-,14-,15-,16+,17-,18+,19-,20+/m0/s1. The molecular formula is C20H26N2O2. The van der Waals surface area contributed by atoms with E-state index in [1.807, 2.05) is 0 Å². The number of para-hydroxylation sites is 1. The minimum atomic E-state index is -0.319. The average molecular weight is 326 g/mol. The lowest BCUT2D eigenvalue weighted by atomic mass is 9.62. The molecule has 1 spiro atoms. The Labute approximate surface area is 143 Å². The first-order valence-electron chi connectivity index (χ1n) is 9.57. The van der Waals surface area contributed by atoms with Gasteiger partial charge < -0.3 is 15.1 Å². The van der Waals surface area contributed by atoms with Crippen LogP contribution in [0.25, 0.3) is 0 Å². The average Bonchev–Trinajstić information content (AvgIpc) is 2.97. The molecule has 1 aliphatic carbocycles. The van der Waals surface area contributed by atoms with Crippen LogP contribution < -0.4 is 4.90 Å². The van der Waals surface area contributed by atoms with Crippen LogP contribution >= 0.6 is 0 Å². The van der Waals surface area contributed by atoms with Gasteiger partial charge in [-0.1, -0.05) is 25.1 Å². The van der Waals surface area contributed by atoms with Gasteiger partial charge in [-0.3, -0.25) is 4.90 Å². The maximum atomic E-state index is 11.6. The second-order valence-electron chi connectivity index (χ2n) is 8.81. The molecule has 7 rings (SSSR count). The van der Waals surface area contributed by atoms with Crippen molar-refractivity contribution in [2.45, 2.75) is 62.1 Å². The maximum Gasteiger partial charge on any atom is 0.111 e. The van der Waals surface area contributed by atoms with Crippen molar-refractivity contribution in [3.05, 3.63) is 29.8 Å². The highest BCUT2D eigenvalue weighted by atomic mass is 16.3. The van der Waals surface area contributed by atoms with Gasteiger partial charge in [0.05, 0.1) is 12.1 Å². The minimum Gasteiger partial charge on any atom is -0.392 e. The Morgan fingerprint density at radius 1 is 1.21 bits per heavy atom. The zero-order valence-electron chi connectivity index (χ0n) is 14.3. The van der Waals surface area contributed by atoms with E-state index in [2.05, 4.69) is 48.0 Å². The molecule has 5 heterocycles. The quantitative estimate of drug-likeness (QED) is 0.822. The Hall–Kier alpha value is -1.10. The van der Waals surface area contributed by atoms with Crippen LogP contribution in [0.15, 0.2) is 24.3 Å². The van der Waals surface area contributed by atoms with E-state index in [-0.39, 0.29) is 17.7 Å². The number of hydrogen-bond donors (Lipinski definition) is 2. The molecule has 10 atom stereocenters. The van der Waals surface area contributed by atoms with Crippen LogP contribution in [0.4, 0.5) is 5.69 Å². The smallest absolute Gasteiger partial charge is 0.111 e. The molecule has 5 bridgehead atoms. The van der Waals surface area contributed by atoms with Crippen molar-refractivity contribution >= 4 is 5.69 Å². The van der Waals surface area contributed by atoms with E-state index in [1.54, 1.807) is 0 Å². The third-order valence-electron chi connectivity index (χ3n) is 8.46. The number of hydrogen-bond acceptors (Lipinski definition) is 4. The highest BCUT2D eigenvalue weighted by Gasteiger charge is 2.76. The van der Waals surface area contributed by atoms with E-state index in [0.29, 0.717) is 35.9 Å². The number of aliphatic hydroxyl groups is 2. The van der Waals surface area contributed by atoms with Crippen LogP contribution in [0, 0.1) is 17.8 Å². The summed E-state index contributed by atoms with van der Waals surface area (Å²) >= 11 is 0. The summed E-state index contributed by atoms with van der Waals surface area (Å²) < 4.78 is 0. The fourth-order valence-electron chi connectivity index (χ4n) is 7.88. The SMILES string of the molecule is CC[C@H]1[C@@H]2C[C@H]3[C@@H]4N(C)c5ccccc5[C@]45C[C@@H]([C@@H]2[C@H]5O)N3[C@H]1O. The van der Waals surface area contributed by atoms with E-state index in [0.717, 1.165) is 19.3 Å². The van der Waals surface area contributed by atoms with Crippen molar-refractivity contribution < 1.29 is 10.2 Å². The zero-order chi connectivity index (χ0) is 16.4. The van der Waals surface area contributed by atoms with Crippen LogP contribution in [-0.4, -0.2) is 52.6 Å². The lowest BCUT2D eigenvalue weighted by Gasteiger charge is -2.62. The van der Waals surface area contributed by atoms with Crippen LogP contribution in [0.2, 0.25) is 0 Å². The molecule has 0 aromatic heterocycles. The molecule has 2 N–H and O–H groups in total. The predicted octanol–water partition coefficient (Wildman–Crippen LogP) is 1.55. The van der Waals surface area contributed by atoms with Gasteiger partial charge in [-0.15, -0.1) is 0 Å². The molecule has 4 saturated heterocycles. The summed E-state index contributed by atoms with van der Waals surface area (Å²) in [7, 11) is 2.19. The molecule has 4 heteroatoms. The minimum absolute atomic E-state index is 0.126. The molecular weight excluding hydrogens is 300 g/mol. The topological polar surface area (TPSA) is 46.9 Å². The van der Waals surface area contributed by atoms with Crippen LogP contribution in [-0.2, 0) is 5.41 Å². The zero-order valence-corrected chi connectivity index (χ0v) is 14.3. The van der Waals surface area contributed by atoms with Gasteiger partial charge in [-0.05, 0) is 36.8 Å². The number of aliphatic hydroxyl groups excluding tert-OH is 2. The Kier molecular flexibility index (Phi) is 2.45. The molecule has 128 valence electrons. The third kappa shape index (κ3) is 1.20. The first-order chi connectivity index (χ1) is 11.6. The highest BCUT2D eigenvalue weighted by molar-refractivity contribution is 5.67. The van der Waals surface area contributed by atoms with Crippen molar-refractivity contribution in [3.63, 3.8) is 0 Å². The van der Waals surface area contributed by atoms with Crippen molar-refractivity contribution in [2.75, 3.05) is 11.9 Å². The van der Waals surface area contributed by atoms with Gasteiger partial charge in [0, 0.05) is 42.1 Å². The van der Waals surface area contributed by atoms with Gasteiger partial charge in [-0.2, -0.15) is 0 Å². The van der Waals surface area contributed by atoms with E-state index in [9.17, 15) is 10.2 Å². The Morgan fingerprint density at radius 3 is 2.79 bits per heavy atom. The molecule has 24 heavy (non-hydrogen) atoms. The van der Waals surface area contributed by atoms with Crippen molar-refractivity contribution in [2.24, 2.45) is 17.8 Å². The summed E-state index contributed by atoms with van der Waals surface area (Å²) in [5, 5.41) is 22.6. The predicted molar refractivity (Wildman–Crippen MR) is 91.7 cm³/mol. The lowest BCUT2D eigenvalue weighted by molar-refractivity contribution is -0.211. The van der Waals surface area contributed by atoms with Gasteiger partial charge in [0.2, 0.25) is 0 Å². The van der Waals surface area contributed by atoms with Crippen molar-refractivity contribution in [1.29, 1.82) is 0 Å². The van der Waals surface area contributed by atoms with Crippen LogP contribution in [0.5, 0.6) is 0 Å². The fraction of sp³-hybridized carbons (Fsp3) is 0.700.